The summed E-state index contributed by atoms with van der Waals surface area (Å²) in [6.07, 6.45) is 0.842. The topological polar surface area (TPSA) is 12.9 Å². The molecule has 0 radical (unpaired) electrons. The van der Waals surface area contributed by atoms with E-state index in [0.29, 0.717) is 0 Å². The first-order chi connectivity index (χ1) is 9.50. The zero-order chi connectivity index (χ0) is 14.8. The fourth-order valence-electron chi connectivity index (χ4n) is 2.09. The van der Waals surface area contributed by atoms with Crippen LogP contribution in [0, 0.1) is 19.7 Å². The summed E-state index contributed by atoms with van der Waals surface area (Å²) in [7, 11) is 0. The lowest BCUT2D eigenvalue weighted by molar-refractivity contribution is 0.546. The Balaban J connectivity index is 2.36. The second-order valence-corrected chi connectivity index (χ2v) is 7.39. The van der Waals surface area contributed by atoms with Gasteiger partial charge in [0.05, 0.1) is 10.7 Å². The molecule has 0 bridgehead atoms. The van der Waals surface area contributed by atoms with Gasteiger partial charge in [0.2, 0.25) is 0 Å². The van der Waals surface area contributed by atoms with Crippen LogP contribution in [0.5, 0.6) is 0 Å². The molecule has 1 aromatic carbocycles. The molecule has 2 aromatic rings. The summed E-state index contributed by atoms with van der Waals surface area (Å²) >= 11 is 8.99. The van der Waals surface area contributed by atoms with Crippen LogP contribution in [0.3, 0.4) is 0 Å². The van der Waals surface area contributed by atoms with Crippen molar-refractivity contribution in [2.75, 3.05) is 10.7 Å². The van der Waals surface area contributed by atoms with Crippen LogP contribution in [0.1, 0.15) is 21.1 Å². The van der Waals surface area contributed by atoms with E-state index in [1.807, 2.05) is 19.1 Å². The van der Waals surface area contributed by atoms with Crippen molar-refractivity contribution in [3.05, 3.63) is 51.2 Å². The van der Waals surface area contributed by atoms with E-state index in [2.05, 4.69) is 43.8 Å². The molecule has 0 atom stereocenters. The Morgan fingerprint density at radius 3 is 2.20 bits per heavy atom. The highest BCUT2D eigenvalue weighted by molar-refractivity contribution is 9.09. The molecule has 0 saturated carbocycles. The van der Waals surface area contributed by atoms with Gasteiger partial charge in [-0.3, -0.25) is 0 Å². The van der Waals surface area contributed by atoms with Crippen LogP contribution >= 0.6 is 43.2 Å². The molecule has 0 aliphatic heterocycles. The number of nitrogens with zero attached hydrogens (tertiary/aromatic N) is 1. The summed E-state index contributed by atoms with van der Waals surface area (Å²) < 4.78 is 13.1. The Morgan fingerprint density at radius 2 is 1.75 bits per heavy atom. The van der Waals surface area contributed by atoms with Gasteiger partial charge in [0, 0.05) is 27.4 Å². The highest BCUT2D eigenvalue weighted by Gasteiger charge is 2.32. The van der Waals surface area contributed by atoms with E-state index in [9.17, 15) is 4.39 Å². The molecule has 2 rings (SSSR count). The highest BCUT2D eigenvalue weighted by Crippen LogP contribution is 2.34. The van der Waals surface area contributed by atoms with Gasteiger partial charge in [-0.15, -0.1) is 11.3 Å². The Bertz CT molecular complexity index is 557. The maximum Gasteiger partial charge on any atom is 0.123 e. The lowest BCUT2D eigenvalue weighted by Gasteiger charge is -2.30. The zero-order valence-corrected chi connectivity index (χ0v) is 15.4. The van der Waals surface area contributed by atoms with E-state index < -0.39 is 0 Å². The van der Waals surface area contributed by atoms with E-state index in [4.69, 9.17) is 0 Å². The first-order valence-electron chi connectivity index (χ1n) is 6.31. The van der Waals surface area contributed by atoms with Gasteiger partial charge in [-0.1, -0.05) is 44.0 Å². The van der Waals surface area contributed by atoms with Crippen LogP contribution in [0.4, 0.5) is 4.39 Å². The Morgan fingerprint density at radius 1 is 1.15 bits per heavy atom. The number of aromatic nitrogens is 1. The van der Waals surface area contributed by atoms with Crippen LogP contribution in [0.2, 0.25) is 0 Å². The standard InChI is InChI=1S/C15H16Br2FNS/c1-10-11(2)20-14(19-10)7-15(8-16,9-17)12-3-5-13(18)6-4-12/h3-6H,7-9H2,1-2H3. The lowest BCUT2D eigenvalue weighted by Crippen LogP contribution is -2.33. The van der Waals surface area contributed by atoms with Crippen molar-refractivity contribution in [3.63, 3.8) is 0 Å². The summed E-state index contributed by atoms with van der Waals surface area (Å²) in [6, 6.07) is 6.78. The number of alkyl halides is 2. The minimum absolute atomic E-state index is 0.107. The van der Waals surface area contributed by atoms with Gasteiger partial charge in [-0.25, -0.2) is 9.37 Å². The molecule has 1 aromatic heterocycles. The summed E-state index contributed by atoms with van der Waals surface area (Å²) in [5.41, 5.74) is 2.12. The van der Waals surface area contributed by atoms with Crippen molar-refractivity contribution >= 4 is 43.2 Å². The molecule has 0 aliphatic rings. The van der Waals surface area contributed by atoms with Crippen molar-refractivity contribution in [1.29, 1.82) is 0 Å². The van der Waals surface area contributed by atoms with Crippen LogP contribution in [-0.4, -0.2) is 15.6 Å². The van der Waals surface area contributed by atoms with E-state index in [1.54, 1.807) is 11.3 Å². The summed E-state index contributed by atoms with van der Waals surface area (Å²) in [5.74, 6) is -0.201. The number of rotatable bonds is 5. The van der Waals surface area contributed by atoms with Crippen LogP contribution in [0.15, 0.2) is 24.3 Å². The zero-order valence-electron chi connectivity index (χ0n) is 11.4. The fourth-order valence-corrected chi connectivity index (χ4v) is 5.14. The number of thiazole rings is 1. The minimum atomic E-state index is -0.201. The highest BCUT2D eigenvalue weighted by atomic mass is 79.9. The molecule has 0 saturated heterocycles. The Hall–Kier alpha value is -0.260. The number of hydrogen-bond acceptors (Lipinski definition) is 2. The predicted molar refractivity (Wildman–Crippen MR) is 91.0 cm³/mol. The van der Waals surface area contributed by atoms with E-state index in [0.717, 1.165) is 33.3 Å². The first-order valence-corrected chi connectivity index (χ1v) is 9.37. The first kappa shape index (κ1) is 16.1. The van der Waals surface area contributed by atoms with Crippen molar-refractivity contribution in [2.24, 2.45) is 0 Å². The third-order valence-corrected chi connectivity index (χ3v) is 6.75. The molecule has 0 amide bonds. The molecule has 0 unspecified atom stereocenters. The molecule has 108 valence electrons. The van der Waals surface area contributed by atoms with Crippen molar-refractivity contribution in [2.45, 2.75) is 25.7 Å². The van der Waals surface area contributed by atoms with Crippen LogP contribution < -0.4 is 0 Å². The summed E-state index contributed by atoms with van der Waals surface area (Å²) in [4.78, 5) is 5.90. The van der Waals surface area contributed by atoms with Crippen molar-refractivity contribution in [1.82, 2.24) is 4.98 Å². The van der Waals surface area contributed by atoms with Crippen molar-refractivity contribution in [3.8, 4) is 0 Å². The Kier molecular flexibility index (Phi) is 5.37. The molecule has 0 aliphatic carbocycles. The second-order valence-electron chi connectivity index (χ2n) is 4.98. The quantitative estimate of drug-likeness (QED) is 0.608. The normalized spacial score (nSPS) is 11.8. The maximum absolute atomic E-state index is 13.1. The van der Waals surface area contributed by atoms with Gasteiger partial charge in [-0.2, -0.15) is 0 Å². The number of aryl methyl sites for hydroxylation is 2. The average Bonchev–Trinajstić information content (AvgIpc) is 2.76. The SMILES string of the molecule is Cc1nc(CC(CBr)(CBr)c2ccc(F)cc2)sc1C. The number of halogens is 3. The summed E-state index contributed by atoms with van der Waals surface area (Å²) in [6.45, 7) is 4.13. The third kappa shape index (κ3) is 3.31. The van der Waals surface area contributed by atoms with Gasteiger partial charge in [0.25, 0.3) is 0 Å². The van der Waals surface area contributed by atoms with E-state index in [1.165, 1.54) is 17.0 Å². The molecule has 0 fully saturated rings. The number of hydrogen-bond donors (Lipinski definition) is 0. The van der Waals surface area contributed by atoms with Gasteiger partial charge >= 0.3 is 0 Å². The molecule has 1 heterocycles. The second kappa shape index (κ2) is 6.67. The fraction of sp³-hybridized carbons (Fsp3) is 0.400. The van der Waals surface area contributed by atoms with Gasteiger partial charge < -0.3 is 0 Å². The van der Waals surface area contributed by atoms with Gasteiger partial charge in [0.15, 0.2) is 0 Å². The van der Waals surface area contributed by atoms with Crippen LogP contribution in [-0.2, 0) is 11.8 Å². The molecular formula is C15H16Br2FNS. The monoisotopic (exact) mass is 419 g/mol. The molecule has 0 N–H and O–H groups in total. The molecule has 20 heavy (non-hydrogen) atoms. The largest absolute Gasteiger partial charge is 0.246 e. The van der Waals surface area contributed by atoms with Gasteiger partial charge in [-0.05, 0) is 31.5 Å². The lowest BCUT2D eigenvalue weighted by atomic mass is 9.81. The smallest absolute Gasteiger partial charge is 0.123 e. The molecule has 5 heteroatoms. The Labute approximate surface area is 139 Å². The van der Waals surface area contributed by atoms with Crippen molar-refractivity contribution < 1.29 is 4.39 Å². The average molecular weight is 421 g/mol. The van der Waals surface area contributed by atoms with E-state index in [-0.39, 0.29) is 11.2 Å². The molecule has 1 nitrogen and oxygen atoms in total. The minimum Gasteiger partial charge on any atom is -0.246 e. The number of benzene rings is 1. The molecule has 0 spiro atoms. The summed E-state index contributed by atoms with van der Waals surface area (Å²) in [5, 5.41) is 2.73. The maximum atomic E-state index is 13.1. The third-order valence-electron chi connectivity index (χ3n) is 3.53. The van der Waals surface area contributed by atoms with E-state index >= 15 is 0 Å². The van der Waals surface area contributed by atoms with Gasteiger partial charge in [0.1, 0.15) is 5.82 Å². The predicted octanol–water partition coefficient (Wildman–Crippen LogP) is 5.17. The molecular weight excluding hydrogens is 405 g/mol. The van der Waals surface area contributed by atoms with Crippen LogP contribution in [0.25, 0.3) is 0 Å².